The van der Waals surface area contributed by atoms with Gasteiger partial charge in [0.25, 0.3) is 0 Å². The second-order valence-corrected chi connectivity index (χ2v) is 8.91. The van der Waals surface area contributed by atoms with Gasteiger partial charge in [0.1, 0.15) is 6.10 Å². The maximum absolute atomic E-state index is 11.9. The second-order valence-electron chi connectivity index (χ2n) is 6.52. The highest BCUT2D eigenvalue weighted by Gasteiger charge is 2.35. The first-order valence-electron chi connectivity index (χ1n) is 8.47. The zero-order valence-electron chi connectivity index (χ0n) is 15.8. The first-order valence-corrected chi connectivity index (χ1v) is 11.0. The fourth-order valence-electron chi connectivity index (χ4n) is 1.80. The highest BCUT2D eigenvalue weighted by Crippen LogP contribution is 2.38. The largest absolute Gasteiger partial charge is 0.469 e. The Bertz CT molecular complexity index is 552. The summed E-state index contributed by atoms with van der Waals surface area (Å²) in [6.07, 6.45) is -0.298. The number of aliphatic hydroxyl groups is 1. The summed E-state index contributed by atoms with van der Waals surface area (Å²) in [6, 6.07) is 0. The van der Waals surface area contributed by atoms with Crippen LogP contribution >= 0.6 is 19.6 Å². The molecule has 0 saturated heterocycles. The molecule has 0 aromatic rings. The molecule has 0 saturated carbocycles. The lowest BCUT2D eigenvalue weighted by Gasteiger charge is -2.29. The van der Waals surface area contributed by atoms with Crippen LogP contribution in [-0.2, 0) is 23.5 Å². The molecule has 0 spiro atoms. The van der Waals surface area contributed by atoms with Crippen LogP contribution in [0.1, 0.15) is 40.0 Å². The van der Waals surface area contributed by atoms with Crippen LogP contribution in [0.4, 0.5) is 0 Å². The van der Waals surface area contributed by atoms with Crippen LogP contribution in [0.5, 0.6) is 0 Å². The monoisotopic (exact) mass is 428 g/mol. The van der Waals surface area contributed by atoms with Gasteiger partial charge in [0.2, 0.25) is 11.8 Å². The first-order chi connectivity index (χ1) is 12.4. The number of hydrogen-bond donors (Lipinski definition) is 5. The van der Waals surface area contributed by atoms with Gasteiger partial charge in [-0.1, -0.05) is 32.5 Å². The molecular weight excluding hydrogens is 399 g/mol. The van der Waals surface area contributed by atoms with Gasteiger partial charge >= 0.3 is 7.82 Å². The molecule has 10 nitrogen and oxygen atoms in total. The van der Waals surface area contributed by atoms with E-state index in [1.807, 2.05) is 6.92 Å². The fraction of sp³-hybridized carbons (Fsp3) is 0.800. The van der Waals surface area contributed by atoms with Gasteiger partial charge in [0.15, 0.2) is 5.12 Å². The van der Waals surface area contributed by atoms with Crippen molar-refractivity contribution in [3.8, 4) is 0 Å². The van der Waals surface area contributed by atoms with Crippen molar-refractivity contribution in [3.63, 3.8) is 0 Å². The third kappa shape index (κ3) is 12.9. The van der Waals surface area contributed by atoms with E-state index in [1.165, 1.54) is 13.8 Å². The number of phosphoric ester groups is 1. The Morgan fingerprint density at radius 1 is 1.15 bits per heavy atom. The Morgan fingerprint density at radius 2 is 1.78 bits per heavy atom. The molecule has 1 unspecified atom stereocenters. The van der Waals surface area contributed by atoms with Crippen LogP contribution < -0.4 is 10.6 Å². The van der Waals surface area contributed by atoms with E-state index in [1.54, 1.807) is 0 Å². The number of phosphoric acid groups is 1. The molecule has 2 amide bonds. The zero-order chi connectivity index (χ0) is 21.1. The summed E-state index contributed by atoms with van der Waals surface area (Å²) in [5, 5.41) is 15.1. The van der Waals surface area contributed by atoms with E-state index in [0.717, 1.165) is 18.2 Å². The SMILES string of the molecule is CCCC(=O)SCCNC(=O)CCNC(=O)C(O)C(C)(C)COP(=O)(O)O. The number of amides is 2. The average molecular weight is 428 g/mol. The molecule has 0 aromatic carbocycles. The summed E-state index contributed by atoms with van der Waals surface area (Å²) < 4.78 is 15.1. The van der Waals surface area contributed by atoms with Gasteiger partial charge in [-0.25, -0.2) is 4.57 Å². The quantitative estimate of drug-likeness (QED) is 0.203. The van der Waals surface area contributed by atoms with Crippen molar-refractivity contribution >= 4 is 36.5 Å². The second kappa shape index (κ2) is 12.5. The molecule has 5 N–H and O–H groups in total. The van der Waals surface area contributed by atoms with Gasteiger partial charge < -0.3 is 25.5 Å². The van der Waals surface area contributed by atoms with Crippen molar-refractivity contribution in [1.29, 1.82) is 0 Å². The van der Waals surface area contributed by atoms with Gasteiger partial charge in [-0.2, -0.15) is 0 Å². The Balaban J connectivity index is 4.07. The van der Waals surface area contributed by atoms with E-state index in [9.17, 15) is 24.1 Å². The van der Waals surface area contributed by atoms with Crippen molar-refractivity contribution in [2.45, 2.75) is 46.1 Å². The maximum atomic E-state index is 11.9. The molecule has 12 heteroatoms. The molecule has 0 aromatic heterocycles. The molecule has 1 atom stereocenters. The predicted molar refractivity (Wildman–Crippen MR) is 101 cm³/mol. The molecule has 0 rings (SSSR count). The number of thioether (sulfide) groups is 1. The van der Waals surface area contributed by atoms with Crippen molar-refractivity contribution in [2.75, 3.05) is 25.4 Å². The van der Waals surface area contributed by atoms with Crippen LogP contribution in [0.15, 0.2) is 0 Å². The minimum atomic E-state index is -4.71. The third-order valence-corrected chi connectivity index (χ3v) is 4.79. The number of carbonyl (C=O) groups is 3. The molecule has 158 valence electrons. The Labute approximate surface area is 163 Å². The predicted octanol–water partition coefficient (Wildman–Crippen LogP) is 0.165. The minimum Gasteiger partial charge on any atom is -0.383 e. The number of carbonyl (C=O) groups excluding carboxylic acids is 3. The van der Waals surface area contributed by atoms with E-state index in [2.05, 4.69) is 15.2 Å². The van der Waals surface area contributed by atoms with E-state index in [-0.39, 0.29) is 24.0 Å². The number of aliphatic hydroxyl groups excluding tert-OH is 1. The van der Waals surface area contributed by atoms with Gasteiger partial charge in [0.05, 0.1) is 6.61 Å². The number of rotatable bonds is 13. The molecular formula is C15H29N2O8PS. The van der Waals surface area contributed by atoms with Crippen molar-refractivity contribution in [3.05, 3.63) is 0 Å². The highest BCUT2D eigenvalue weighted by atomic mass is 32.2. The van der Waals surface area contributed by atoms with E-state index in [4.69, 9.17) is 9.79 Å². The Kier molecular flexibility index (Phi) is 12.0. The zero-order valence-corrected chi connectivity index (χ0v) is 17.5. The maximum Gasteiger partial charge on any atom is 0.469 e. The minimum absolute atomic E-state index is 0.00849. The molecule has 0 heterocycles. The van der Waals surface area contributed by atoms with Crippen LogP contribution in [0, 0.1) is 5.41 Å². The summed E-state index contributed by atoms with van der Waals surface area (Å²) in [7, 11) is -4.71. The van der Waals surface area contributed by atoms with Crippen molar-refractivity contribution < 1.29 is 38.4 Å². The lowest BCUT2D eigenvalue weighted by Crippen LogP contribution is -2.46. The lowest BCUT2D eigenvalue weighted by atomic mass is 9.87. The van der Waals surface area contributed by atoms with Gasteiger partial charge in [-0.3, -0.25) is 18.9 Å². The van der Waals surface area contributed by atoms with E-state index >= 15 is 0 Å². The average Bonchev–Trinajstić information content (AvgIpc) is 2.56. The molecule has 0 aliphatic heterocycles. The summed E-state index contributed by atoms with van der Waals surface area (Å²) in [6.45, 7) is 4.54. The van der Waals surface area contributed by atoms with Gasteiger partial charge in [0, 0.05) is 37.1 Å². The molecule has 0 fully saturated rings. The standard InChI is InChI=1S/C15H29N2O8PS/c1-4-5-12(19)27-9-8-16-11(18)6-7-17-14(21)13(20)15(2,3)10-25-26(22,23)24/h13,20H,4-10H2,1-3H3,(H,16,18)(H,17,21)(H2,22,23,24). The van der Waals surface area contributed by atoms with Crippen molar-refractivity contribution in [1.82, 2.24) is 10.6 Å². The number of hydrogen-bond acceptors (Lipinski definition) is 7. The van der Waals surface area contributed by atoms with Gasteiger partial charge in [-0.15, -0.1) is 0 Å². The summed E-state index contributed by atoms with van der Waals surface area (Å²) in [5.74, 6) is -0.607. The van der Waals surface area contributed by atoms with Crippen LogP contribution in [0.3, 0.4) is 0 Å². The normalized spacial score (nSPS) is 13.1. The summed E-state index contributed by atoms with van der Waals surface area (Å²) >= 11 is 1.16. The summed E-state index contributed by atoms with van der Waals surface area (Å²) in [4.78, 5) is 52.2. The Hall–Kier alpha value is -0.970. The van der Waals surface area contributed by atoms with Crippen LogP contribution in [-0.4, -0.2) is 63.4 Å². The molecule has 0 aliphatic rings. The molecule has 0 aliphatic carbocycles. The highest BCUT2D eigenvalue weighted by molar-refractivity contribution is 8.13. The fourth-order valence-corrected chi connectivity index (χ4v) is 3.08. The van der Waals surface area contributed by atoms with Crippen molar-refractivity contribution in [2.24, 2.45) is 5.41 Å². The van der Waals surface area contributed by atoms with Gasteiger partial charge in [-0.05, 0) is 6.42 Å². The lowest BCUT2D eigenvalue weighted by molar-refractivity contribution is -0.137. The third-order valence-electron chi connectivity index (χ3n) is 3.39. The van der Waals surface area contributed by atoms with E-state index < -0.39 is 31.9 Å². The summed E-state index contributed by atoms with van der Waals surface area (Å²) in [5.41, 5.74) is -1.24. The topological polar surface area (TPSA) is 162 Å². The first kappa shape index (κ1) is 26.0. The van der Waals surface area contributed by atoms with Crippen LogP contribution in [0.2, 0.25) is 0 Å². The number of nitrogens with one attached hydrogen (secondary N) is 2. The molecule has 27 heavy (non-hydrogen) atoms. The Morgan fingerprint density at radius 3 is 2.33 bits per heavy atom. The smallest absolute Gasteiger partial charge is 0.383 e. The molecule has 0 radical (unpaired) electrons. The van der Waals surface area contributed by atoms with Crippen LogP contribution in [0.25, 0.3) is 0 Å². The van der Waals surface area contributed by atoms with E-state index in [0.29, 0.717) is 18.7 Å². The molecule has 0 bridgehead atoms.